The van der Waals surface area contributed by atoms with E-state index in [1.807, 2.05) is 0 Å². The molecule has 0 aliphatic carbocycles. The van der Waals surface area contributed by atoms with Gasteiger partial charge in [-0.25, -0.2) is 4.79 Å². The summed E-state index contributed by atoms with van der Waals surface area (Å²) in [7, 11) is 0. The standard InChI is InChI=1S/C14H16O6/c1-3-17-12(15)9-14(13(16)18-4-2)19-10-7-5-6-8-11(10)20-14/h5-8H,3-4,9H2,1-2H3. The Kier molecular flexibility index (Phi) is 4.12. The number of esters is 2. The molecule has 0 saturated carbocycles. The van der Waals surface area contributed by atoms with Crippen molar-refractivity contribution < 1.29 is 28.5 Å². The van der Waals surface area contributed by atoms with E-state index < -0.39 is 17.7 Å². The zero-order valence-electron chi connectivity index (χ0n) is 11.4. The van der Waals surface area contributed by atoms with Crippen molar-refractivity contribution in [2.24, 2.45) is 0 Å². The minimum absolute atomic E-state index is 0.159. The quantitative estimate of drug-likeness (QED) is 0.764. The largest absolute Gasteiger partial charge is 0.466 e. The van der Waals surface area contributed by atoms with E-state index >= 15 is 0 Å². The summed E-state index contributed by atoms with van der Waals surface area (Å²) in [5, 5.41) is 0. The van der Waals surface area contributed by atoms with Crippen LogP contribution in [0.3, 0.4) is 0 Å². The fraction of sp³-hybridized carbons (Fsp3) is 0.429. The minimum Gasteiger partial charge on any atom is -0.466 e. The molecule has 1 aliphatic heterocycles. The molecule has 0 radical (unpaired) electrons. The third-order valence-electron chi connectivity index (χ3n) is 2.67. The first-order valence-electron chi connectivity index (χ1n) is 6.41. The Morgan fingerprint density at radius 2 is 1.60 bits per heavy atom. The number of fused-ring (bicyclic) bond motifs is 1. The lowest BCUT2D eigenvalue weighted by Crippen LogP contribution is -2.50. The van der Waals surface area contributed by atoms with Gasteiger partial charge in [-0.1, -0.05) is 12.1 Å². The predicted molar refractivity (Wildman–Crippen MR) is 68.3 cm³/mol. The van der Waals surface area contributed by atoms with Gasteiger partial charge in [0.25, 0.3) is 0 Å². The molecule has 1 aliphatic rings. The van der Waals surface area contributed by atoms with E-state index in [4.69, 9.17) is 18.9 Å². The van der Waals surface area contributed by atoms with Gasteiger partial charge in [0, 0.05) is 0 Å². The third kappa shape index (κ3) is 2.68. The molecule has 0 amide bonds. The van der Waals surface area contributed by atoms with E-state index in [9.17, 15) is 9.59 Å². The Labute approximate surface area is 116 Å². The van der Waals surface area contributed by atoms with E-state index in [1.165, 1.54) is 0 Å². The summed E-state index contributed by atoms with van der Waals surface area (Å²) in [6, 6.07) is 6.80. The summed E-state index contributed by atoms with van der Waals surface area (Å²) in [5.74, 6) is -2.35. The molecule has 1 aromatic carbocycles. The van der Waals surface area contributed by atoms with Gasteiger partial charge in [0.15, 0.2) is 11.5 Å². The Hall–Kier alpha value is -2.24. The molecule has 20 heavy (non-hydrogen) atoms. The lowest BCUT2D eigenvalue weighted by molar-refractivity contribution is -0.190. The number of ether oxygens (including phenoxy) is 4. The molecule has 0 fully saturated rings. The zero-order valence-corrected chi connectivity index (χ0v) is 11.4. The zero-order chi connectivity index (χ0) is 14.6. The Morgan fingerprint density at radius 3 is 2.10 bits per heavy atom. The summed E-state index contributed by atoms with van der Waals surface area (Å²) in [6.07, 6.45) is -0.367. The molecule has 0 N–H and O–H groups in total. The molecule has 0 saturated heterocycles. The van der Waals surface area contributed by atoms with Crippen LogP contribution in [0.2, 0.25) is 0 Å². The molecule has 108 valence electrons. The molecule has 6 heteroatoms. The molecule has 6 nitrogen and oxygen atoms in total. The van der Waals surface area contributed by atoms with E-state index in [1.54, 1.807) is 38.1 Å². The molecule has 1 aromatic rings. The Morgan fingerprint density at radius 1 is 1.05 bits per heavy atom. The maximum atomic E-state index is 12.1. The number of hydrogen-bond donors (Lipinski definition) is 0. The molecule has 0 spiro atoms. The second-order valence-electron chi connectivity index (χ2n) is 4.11. The van der Waals surface area contributed by atoms with E-state index in [-0.39, 0.29) is 19.6 Å². The lowest BCUT2D eigenvalue weighted by Gasteiger charge is -2.24. The second-order valence-corrected chi connectivity index (χ2v) is 4.11. The number of hydrogen-bond acceptors (Lipinski definition) is 6. The van der Waals surface area contributed by atoms with Gasteiger partial charge < -0.3 is 18.9 Å². The third-order valence-corrected chi connectivity index (χ3v) is 2.67. The van der Waals surface area contributed by atoms with E-state index in [0.29, 0.717) is 11.5 Å². The SMILES string of the molecule is CCOC(=O)CC1(C(=O)OCC)Oc2ccccc2O1. The average molecular weight is 280 g/mol. The van der Waals surface area contributed by atoms with Gasteiger partial charge in [0.05, 0.1) is 13.2 Å². The summed E-state index contributed by atoms with van der Waals surface area (Å²) < 4.78 is 20.8. The van der Waals surface area contributed by atoms with Crippen molar-refractivity contribution in [2.45, 2.75) is 26.1 Å². The molecule has 0 unspecified atom stereocenters. The van der Waals surface area contributed by atoms with Crippen LogP contribution in [0.1, 0.15) is 20.3 Å². The maximum absolute atomic E-state index is 12.1. The molecule has 0 atom stereocenters. The van der Waals surface area contributed by atoms with Crippen LogP contribution in [0.4, 0.5) is 0 Å². The summed E-state index contributed by atoms with van der Waals surface area (Å²) in [5.41, 5.74) is 0. The highest BCUT2D eigenvalue weighted by Crippen LogP contribution is 2.41. The van der Waals surface area contributed by atoms with Crippen LogP contribution in [-0.2, 0) is 19.1 Å². The first kappa shape index (κ1) is 14.2. The van der Waals surface area contributed by atoms with Crippen LogP contribution in [0, 0.1) is 0 Å². The van der Waals surface area contributed by atoms with Crippen molar-refractivity contribution in [1.29, 1.82) is 0 Å². The van der Waals surface area contributed by atoms with Crippen LogP contribution < -0.4 is 9.47 Å². The number of rotatable bonds is 5. The minimum atomic E-state index is -1.80. The van der Waals surface area contributed by atoms with Gasteiger partial charge in [0.2, 0.25) is 0 Å². The molecule has 2 rings (SSSR count). The van der Waals surface area contributed by atoms with Crippen LogP contribution in [0.25, 0.3) is 0 Å². The average Bonchev–Trinajstić information content (AvgIpc) is 2.78. The normalized spacial score (nSPS) is 14.7. The van der Waals surface area contributed by atoms with Crippen LogP contribution in [0.5, 0.6) is 11.5 Å². The number of para-hydroxylation sites is 2. The first-order valence-corrected chi connectivity index (χ1v) is 6.41. The highest BCUT2D eigenvalue weighted by molar-refractivity contribution is 5.86. The van der Waals surface area contributed by atoms with Gasteiger partial charge in [-0.2, -0.15) is 0 Å². The van der Waals surface area contributed by atoms with Crippen molar-refractivity contribution in [3.8, 4) is 11.5 Å². The number of benzene rings is 1. The van der Waals surface area contributed by atoms with Gasteiger partial charge in [-0.15, -0.1) is 0 Å². The smallest absolute Gasteiger partial charge is 0.393 e. The van der Waals surface area contributed by atoms with E-state index in [2.05, 4.69) is 0 Å². The summed E-state index contributed by atoms with van der Waals surface area (Å²) >= 11 is 0. The van der Waals surface area contributed by atoms with Crippen LogP contribution in [-0.4, -0.2) is 30.9 Å². The van der Waals surface area contributed by atoms with Crippen LogP contribution >= 0.6 is 0 Å². The fourth-order valence-electron chi connectivity index (χ4n) is 1.87. The first-order chi connectivity index (χ1) is 9.61. The molecule has 0 bridgehead atoms. The highest BCUT2D eigenvalue weighted by Gasteiger charge is 2.52. The highest BCUT2D eigenvalue weighted by atomic mass is 16.8. The monoisotopic (exact) mass is 280 g/mol. The molecule has 1 heterocycles. The van der Waals surface area contributed by atoms with Crippen molar-refractivity contribution in [3.05, 3.63) is 24.3 Å². The van der Waals surface area contributed by atoms with Crippen molar-refractivity contribution in [3.63, 3.8) is 0 Å². The van der Waals surface area contributed by atoms with Gasteiger partial charge in [-0.05, 0) is 26.0 Å². The maximum Gasteiger partial charge on any atom is 0.393 e. The Bertz CT molecular complexity index is 485. The second kappa shape index (κ2) is 5.81. The topological polar surface area (TPSA) is 71.1 Å². The van der Waals surface area contributed by atoms with E-state index in [0.717, 1.165) is 0 Å². The van der Waals surface area contributed by atoms with Gasteiger partial charge >= 0.3 is 17.7 Å². The number of carbonyl (C=O) groups is 2. The van der Waals surface area contributed by atoms with Gasteiger partial charge in [0.1, 0.15) is 6.42 Å². The summed E-state index contributed by atoms with van der Waals surface area (Å²) in [4.78, 5) is 23.8. The number of carbonyl (C=O) groups excluding carboxylic acids is 2. The molecular formula is C14H16O6. The lowest BCUT2D eigenvalue weighted by atomic mass is 10.2. The predicted octanol–water partition coefficient (Wildman–Crippen LogP) is 1.67. The summed E-state index contributed by atoms with van der Waals surface area (Å²) in [6.45, 7) is 3.72. The Balaban J connectivity index is 2.24. The van der Waals surface area contributed by atoms with Crippen molar-refractivity contribution in [1.82, 2.24) is 0 Å². The van der Waals surface area contributed by atoms with Crippen LogP contribution in [0.15, 0.2) is 24.3 Å². The van der Waals surface area contributed by atoms with Crippen molar-refractivity contribution in [2.75, 3.05) is 13.2 Å². The molecular weight excluding hydrogens is 264 g/mol. The van der Waals surface area contributed by atoms with Crippen molar-refractivity contribution >= 4 is 11.9 Å². The molecule has 0 aromatic heterocycles. The van der Waals surface area contributed by atoms with Gasteiger partial charge in [-0.3, -0.25) is 4.79 Å². The fourth-order valence-corrected chi connectivity index (χ4v) is 1.87.